The number of hydrogen-bond acceptors (Lipinski definition) is 7. The molecule has 8 aromatic rings. The number of carbonyl (C=O) groups is 1. The third kappa shape index (κ3) is 17.1. The van der Waals surface area contributed by atoms with E-state index < -0.39 is 5.82 Å². The molecular weight excluding hydrogens is 1020 g/mol. The molecule has 0 bridgehead atoms. The quantitative estimate of drug-likeness (QED) is 0.0508. The zero-order chi connectivity index (χ0) is 43.4. The van der Waals surface area contributed by atoms with Gasteiger partial charge >= 0.3 is 103 Å². The molecule has 0 spiro atoms. The molecule has 0 aromatic heterocycles. The van der Waals surface area contributed by atoms with Crippen molar-refractivity contribution in [1.82, 2.24) is 0 Å². The van der Waals surface area contributed by atoms with E-state index in [0.29, 0.717) is 15.2 Å². The second-order valence-electron chi connectivity index (χ2n) is 12.4. The molecule has 8 rings (SSSR count). The van der Waals surface area contributed by atoms with Gasteiger partial charge in [-0.2, -0.15) is 0 Å². The number of para-hydroxylation sites is 4. The summed E-state index contributed by atoms with van der Waals surface area (Å²) in [4.78, 5) is 15.6. The smallest absolute Gasteiger partial charge is 1.00 e. The molecule has 0 atom stereocenters. The first kappa shape index (κ1) is 54.5. The molecule has 7 nitrogen and oxygen atoms in total. The SMILES string of the molecule is Clc1c(Br)cccc1Oc1cccc(N(c2ccccc2)c2ccccc2)c1.Fc1cccc(Br)c1Cl.O=CO[O-].Oc1cccc(N(c2ccccc2)c2ccccc2)c1.[H-].[K+].[K+]. The van der Waals surface area contributed by atoms with Crippen LogP contribution in [0.2, 0.25) is 10.0 Å². The van der Waals surface area contributed by atoms with Crippen molar-refractivity contribution in [3.63, 3.8) is 0 Å². The summed E-state index contributed by atoms with van der Waals surface area (Å²) in [5, 5.41) is 18.8. The largest absolute Gasteiger partial charge is 1.00 e. The van der Waals surface area contributed by atoms with Gasteiger partial charge in [-0.1, -0.05) is 120 Å². The molecule has 0 radical (unpaired) electrons. The molecule has 0 saturated heterocycles. The minimum Gasteiger partial charge on any atom is -1.00 e. The van der Waals surface area contributed by atoms with Crippen LogP contribution in [0.1, 0.15) is 1.43 Å². The number of anilines is 6. The van der Waals surface area contributed by atoms with E-state index in [0.717, 1.165) is 44.3 Å². The molecule has 0 saturated carbocycles. The van der Waals surface area contributed by atoms with E-state index in [1.165, 1.54) is 6.07 Å². The van der Waals surface area contributed by atoms with Crippen molar-refractivity contribution in [2.24, 2.45) is 0 Å². The summed E-state index contributed by atoms with van der Waals surface area (Å²) in [5.41, 5.74) is 6.20. The van der Waals surface area contributed by atoms with Gasteiger partial charge in [0, 0.05) is 55.2 Å². The molecule has 8 aromatic carbocycles. The van der Waals surface area contributed by atoms with E-state index >= 15 is 0 Å². The van der Waals surface area contributed by atoms with Crippen LogP contribution in [0.5, 0.6) is 17.2 Å². The first-order valence-corrected chi connectivity index (χ1v) is 20.7. The van der Waals surface area contributed by atoms with Crippen molar-refractivity contribution in [2.45, 2.75) is 0 Å². The molecule has 0 aliphatic heterocycles. The Bertz CT molecular complexity index is 2480. The number of hydrogen-bond donors (Lipinski definition) is 1. The second kappa shape index (κ2) is 29.6. The van der Waals surface area contributed by atoms with Gasteiger partial charge in [-0.25, -0.2) is 4.39 Å². The normalized spacial score (nSPS) is 9.62. The summed E-state index contributed by atoms with van der Waals surface area (Å²) in [6, 6.07) is 66.2. The van der Waals surface area contributed by atoms with Crippen LogP contribution in [0, 0.1) is 5.82 Å². The van der Waals surface area contributed by atoms with Crippen LogP contribution in [0.25, 0.3) is 0 Å². The Morgan fingerprint density at radius 2 is 0.889 bits per heavy atom. The summed E-state index contributed by atoms with van der Waals surface area (Å²) >= 11 is 18.3. The third-order valence-corrected chi connectivity index (χ3v) is 10.9. The molecular formula is C49H37Br2Cl2FK2N2O5. The Morgan fingerprint density at radius 3 is 1.29 bits per heavy atom. The molecule has 0 amide bonds. The number of phenols is 1. The van der Waals surface area contributed by atoms with Gasteiger partial charge in [-0.3, -0.25) is 4.79 Å². The fourth-order valence-electron chi connectivity index (χ4n) is 5.69. The van der Waals surface area contributed by atoms with Gasteiger partial charge in [0.05, 0.1) is 10.0 Å². The van der Waals surface area contributed by atoms with Crippen LogP contribution in [0.4, 0.5) is 38.5 Å². The van der Waals surface area contributed by atoms with E-state index in [-0.39, 0.29) is 121 Å². The number of phenolic OH excluding ortho intramolecular Hbond substituents is 1. The van der Waals surface area contributed by atoms with Gasteiger partial charge < -0.3 is 31.2 Å². The molecule has 14 heteroatoms. The van der Waals surface area contributed by atoms with Gasteiger partial charge in [0.2, 0.25) is 0 Å². The first-order valence-electron chi connectivity index (χ1n) is 18.3. The van der Waals surface area contributed by atoms with Crippen LogP contribution < -0.4 is 123 Å². The summed E-state index contributed by atoms with van der Waals surface area (Å²) < 4.78 is 19.9. The summed E-state index contributed by atoms with van der Waals surface area (Å²) in [7, 11) is 0. The summed E-state index contributed by atoms with van der Waals surface area (Å²) in [5.74, 6) is 1.19. The average molecular weight is 1060 g/mol. The number of rotatable bonds is 9. The number of ether oxygens (including phenoxy) is 1. The summed E-state index contributed by atoms with van der Waals surface area (Å²) in [6.07, 6.45) is 0. The summed E-state index contributed by atoms with van der Waals surface area (Å²) in [6.45, 7) is -0.181. The Morgan fingerprint density at radius 1 is 0.524 bits per heavy atom. The topological polar surface area (TPSA) is 85.3 Å². The van der Waals surface area contributed by atoms with Crippen LogP contribution in [0.3, 0.4) is 0 Å². The monoisotopic (exact) mass is 1060 g/mol. The maximum Gasteiger partial charge on any atom is 1.00 e. The van der Waals surface area contributed by atoms with Crippen molar-refractivity contribution in [3.8, 4) is 17.2 Å². The predicted octanol–water partition coefficient (Wildman–Crippen LogP) is 9.02. The molecule has 1 N–H and O–H groups in total. The fourth-order valence-corrected chi connectivity index (χ4v) is 6.67. The van der Waals surface area contributed by atoms with Crippen LogP contribution in [-0.2, 0) is 9.68 Å². The molecule has 63 heavy (non-hydrogen) atoms. The van der Waals surface area contributed by atoms with Crippen molar-refractivity contribution in [3.05, 3.63) is 231 Å². The van der Waals surface area contributed by atoms with E-state index in [2.05, 4.69) is 101 Å². The Hall–Kier alpha value is -2.87. The standard InChI is InChI=1S/C24H17BrClNO.C18H15NO.C6H3BrClF.CH2O3.2K.H/c25-22-15-8-16-23(24(22)26)28-21-14-7-13-20(17-21)27(18-9-3-1-4-10-18)19-11-5-2-6-12-19;20-18-13-7-12-17(14-18)19(15-8-3-1-4-9-15)16-10-5-2-6-11-16;7-4-2-1-3-5(9)6(4)8;2-1-4-3;;;/h1-17H;1-14,20H;1-3H;1,3H;;;/q;;;;2*+1;-1/p-1. The molecule has 0 unspecified atom stereocenters. The van der Waals surface area contributed by atoms with Gasteiger partial charge in [0.15, 0.2) is 0 Å². The maximum atomic E-state index is 12.4. The van der Waals surface area contributed by atoms with Gasteiger partial charge in [-0.15, -0.1) is 0 Å². The number of nitrogens with zero attached hydrogens (tertiary/aromatic N) is 2. The van der Waals surface area contributed by atoms with E-state index in [9.17, 15) is 9.50 Å². The van der Waals surface area contributed by atoms with Crippen molar-refractivity contribution >= 4 is 95.7 Å². The second-order valence-corrected chi connectivity index (χ2v) is 14.9. The average Bonchev–Trinajstić information content (AvgIpc) is 3.29. The molecule has 0 fully saturated rings. The number of benzene rings is 8. The van der Waals surface area contributed by atoms with E-state index in [1.807, 2.05) is 121 Å². The Kier molecular flexibility index (Phi) is 25.6. The van der Waals surface area contributed by atoms with E-state index in [4.69, 9.17) is 38.0 Å². The van der Waals surface area contributed by atoms with Crippen LogP contribution in [0.15, 0.2) is 215 Å². The number of aromatic hydroxyl groups is 1. The molecule has 0 heterocycles. The number of halogens is 5. The van der Waals surface area contributed by atoms with Gasteiger partial charge in [0.25, 0.3) is 6.47 Å². The van der Waals surface area contributed by atoms with Crippen molar-refractivity contribution < 1.29 is 133 Å². The zero-order valence-corrected chi connectivity index (χ0v) is 45.0. The Labute approximate surface area is 479 Å². The molecule has 0 aliphatic carbocycles. The first-order chi connectivity index (χ1) is 29.7. The van der Waals surface area contributed by atoms with Crippen molar-refractivity contribution in [1.29, 1.82) is 0 Å². The minimum absolute atomic E-state index is 0. The number of carbonyl (C=O) groups excluding carboxylic acids is 1. The van der Waals surface area contributed by atoms with Crippen LogP contribution in [-0.4, -0.2) is 11.6 Å². The fraction of sp³-hybridized carbons (Fsp3) is 0. The Balaban J connectivity index is 0.000000341. The van der Waals surface area contributed by atoms with Crippen molar-refractivity contribution in [2.75, 3.05) is 9.80 Å². The molecule has 0 aliphatic rings. The predicted molar refractivity (Wildman–Crippen MR) is 251 cm³/mol. The maximum absolute atomic E-state index is 12.4. The van der Waals surface area contributed by atoms with Crippen LogP contribution >= 0.6 is 55.1 Å². The van der Waals surface area contributed by atoms with E-state index in [1.54, 1.807) is 24.3 Å². The molecule has 310 valence electrons. The van der Waals surface area contributed by atoms with Gasteiger partial charge in [-0.05, 0) is 129 Å². The third-order valence-electron chi connectivity index (χ3n) is 8.31. The minimum atomic E-state index is -0.397. The van der Waals surface area contributed by atoms with Gasteiger partial charge in [0.1, 0.15) is 23.1 Å². The zero-order valence-electron chi connectivity index (χ0n) is 35.1.